The highest BCUT2D eigenvalue weighted by Crippen LogP contribution is 2.68. The van der Waals surface area contributed by atoms with Crippen molar-refractivity contribution in [3.05, 3.63) is 11.3 Å². The van der Waals surface area contributed by atoms with Crippen molar-refractivity contribution in [2.45, 2.75) is 66.7 Å². The van der Waals surface area contributed by atoms with Crippen molar-refractivity contribution in [2.24, 2.45) is 28.1 Å². The van der Waals surface area contributed by atoms with Gasteiger partial charge in [-0.15, -0.1) is 0 Å². The maximum atomic E-state index is 12.4. The average Bonchev–Trinajstić information content (AvgIpc) is 2.67. The Bertz CT molecular complexity index is 585. The van der Waals surface area contributed by atoms with Gasteiger partial charge in [0.15, 0.2) is 5.78 Å². The molecule has 3 nitrogen and oxygen atoms in total. The van der Waals surface area contributed by atoms with E-state index in [1.807, 2.05) is 0 Å². The van der Waals surface area contributed by atoms with Crippen LogP contribution in [0.5, 0.6) is 0 Å². The lowest BCUT2D eigenvalue weighted by Crippen LogP contribution is -2.56. The first kappa shape index (κ1) is 15.8. The summed E-state index contributed by atoms with van der Waals surface area (Å²) in [7, 11) is 0. The second-order valence-corrected chi connectivity index (χ2v) is 8.79. The van der Waals surface area contributed by atoms with Crippen LogP contribution in [0.15, 0.2) is 11.3 Å². The molecule has 4 unspecified atom stereocenters. The molecule has 122 valence electrons. The molecule has 2 saturated carbocycles. The van der Waals surface area contributed by atoms with Gasteiger partial charge in [-0.3, -0.25) is 9.59 Å². The lowest BCUT2D eigenvalue weighted by atomic mass is 9.43. The largest absolute Gasteiger partial charge is 0.512 e. The van der Waals surface area contributed by atoms with E-state index in [2.05, 4.69) is 27.7 Å². The van der Waals surface area contributed by atoms with Crippen molar-refractivity contribution < 1.29 is 14.7 Å². The van der Waals surface area contributed by atoms with Crippen LogP contribution < -0.4 is 0 Å². The summed E-state index contributed by atoms with van der Waals surface area (Å²) in [5.41, 5.74) is 0.169. The van der Waals surface area contributed by atoms with Crippen LogP contribution in [0.2, 0.25) is 0 Å². The van der Waals surface area contributed by atoms with E-state index in [-0.39, 0.29) is 27.9 Å². The van der Waals surface area contributed by atoms with Crippen LogP contribution in [0.25, 0.3) is 0 Å². The highest BCUT2D eigenvalue weighted by molar-refractivity contribution is 5.96. The molecule has 3 heteroatoms. The monoisotopic (exact) mass is 304 g/mol. The minimum absolute atomic E-state index is 0.00990. The molecule has 0 aromatic heterocycles. The minimum Gasteiger partial charge on any atom is -0.512 e. The van der Waals surface area contributed by atoms with Gasteiger partial charge in [-0.1, -0.05) is 27.7 Å². The highest BCUT2D eigenvalue weighted by Gasteiger charge is 2.63. The standard InChI is InChI=1S/C19H28O3/c1-11(20)16-12(21)10-14-18(4)9-7-15(22)17(2,3)13(18)6-8-19(14,16)5/h13-14,21H,6-10H2,1-5H3. The number of hydrogen-bond acceptors (Lipinski definition) is 3. The van der Waals surface area contributed by atoms with E-state index in [0.717, 1.165) is 19.3 Å². The third kappa shape index (κ3) is 1.74. The van der Waals surface area contributed by atoms with E-state index in [4.69, 9.17) is 0 Å². The van der Waals surface area contributed by atoms with Crippen molar-refractivity contribution >= 4 is 11.6 Å². The van der Waals surface area contributed by atoms with E-state index in [1.165, 1.54) is 0 Å². The molecule has 1 N–H and O–H groups in total. The van der Waals surface area contributed by atoms with Crippen molar-refractivity contribution in [3.63, 3.8) is 0 Å². The van der Waals surface area contributed by atoms with Gasteiger partial charge in [-0.25, -0.2) is 0 Å². The van der Waals surface area contributed by atoms with Gasteiger partial charge in [0.2, 0.25) is 0 Å². The van der Waals surface area contributed by atoms with Crippen LogP contribution in [-0.4, -0.2) is 16.7 Å². The Hall–Kier alpha value is -1.12. The van der Waals surface area contributed by atoms with E-state index in [1.54, 1.807) is 6.92 Å². The fraction of sp³-hybridized carbons (Fsp3) is 0.789. The average molecular weight is 304 g/mol. The second-order valence-electron chi connectivity index (χ2n) is 8.79. The lowest BCUT2D eigenvalue weighted by molar-refractivity contribution is -0.155. The molecule has 0 aromatic carbocycles. The molecular formula is C19H28O3. The van der Waals surface area contributed by atoms with Gasteiger partial charge in [-0.2, -0.15) is 0 Å². The molecule has 0 radical (unpaired) electrons. The third-order valence-electron chi connectivity index (χ3n) is 7.40. The molecule has 0 aliphatic heterocycles. The zero-order valence-electron chi connectivity index (χ0n) is 14.5. The Balaban J connectivity index is 2.06. The Kier molecular flexibility index (Phi) is 3.19. The molecular weight excluding hydrogens is 276 g/mol. The molecule has 2 fully saturated rings. The summed E-state index contributed by atoms with van der Waals surface area (Å²) < 4.78 is 0. The van der Waals surface area contributed by atoms with E-state index in [0.29, 0.717) is 35.9 Å². The van der Waals surface area contributed by atoms with Crippen molar-refractivity contribution in [3.8, 4) is 0 Å². The van der Waals surface area contributed by atoms with Gasteiger partial charge >= 0.3 is 0 Å². The van der Waals surface area contributed by atoms with Crippen molar-refractivity contribution in [2.75, 3.05) is 0 Å². The summed E-state index contributed by atoms with van der Waals surface area (Å²) in [4.78, 5) is 24.5. The number of carbonyl (C=O) groups is 2. The predicted octanol–water partition coefficient (Wildman–Crippen LogP) is 4.22. The molecule has 0 saturated heterocycles. The Morgan fingerprint density at radius 3 is 2.36 bits per heavy atom. The maximum Gasteiger partial charge on any atom is 0.159 e. The number of Topliss-reactive ketones (excluding diaryl/α,β-unsaturated/α-hetero) is 2. The summed E-state index contributed by atoms with van der Waals surface area (Å²) in [5, 5.41) is 10.4. The van der Waals surface area contributed by atoms with Gasteiger partial charge < -0.3 is 5.11 Å². The first-order valence-corrected chi connectivity index (χ1v) is 8.52. The normalized spacial score (nSPS) is 43.8. The Morgan fingerprint density at radius 1 is 1.14 bits per heavy atom. The van der Waals surface area contributed by atoms with Gasteiger partial charge in [0.1, 0.15) is 5.78 Å². The lowest BCUT2D eigenvalue weighted by Gasteiger charge is -2.60. The van der Waals surface area contributed by atoms with Crippen molar-refractivity contribution in [1.29, 1.82) is 0 Å². The van der Waals surface area contributed by atoms with E-state index < -0.39 is 0 Å². The summed E-state index contributed by atoms with van der Waals surface area (Å²) in [6, 6.07) is 0. The maximum absolute atomic E-state index is 12.4. The number of hydrogen-bond donors (Lipinski definition) is 1. The smallest absolute Gasteiger partial charge is 0.159 e. The molecule has 0 bridgehead atoms. The molecule has 0 heterocycles. The topological polar surface area (TPSA) is 54.4 Å². The Labute approximate surface area is 133 Å². The minimum atomic E-state index is -0.289. The van der Waals surface area contributed by atoms with Crippen LogP contribution in [-0.2, 0) is 9.59 Å². The van der Waals surface area contributed by atoms with Crippen LogP contribution in [0.1, 0.15) is 66.7 Å². The quantitative estimate of drug-likeness (QED) is 0.789. The van der Waals surface area contributed by atoms with E-state index >= 15 is 0 Å². The predicted molar refractivity (Wildman–Crippen MR) is 85.4 cm³/mol. The first-order chi connectivity index (χ1) is 10.0. The molecule has 3 rings (SSSR count). The molecule has 0 spiro atoms. The second kappa shape index (κ2) is 4.46. The van der Waals surface area contributed by atoms with E-state index in [9.17, 15) is 14.7 Å². The van der Waals surface area contributed by atoms with Crippen LogP contribution >= 0.6 is 0 Å². The Morgan fingerprint density at radius 2 is 1.77 bits per heavy atom. The summed E-state index contributed by atoms with van der Waals surface area (Å²) >= 11 is 0. The summed E-state index contributed by atoms with van der Waals surface area (Å²) in [5.74, 6) is 1.30. The zero-order chi connectivity index (χ0) is 16.5. The molecule has 22 heavy (non-hydrogen) atoms. The molecule has 4 atom stereocenters. The van der Waals surface area contributed by atoms with Gasteiger partial charge in [-0.05, 0) is 43.4 Å². The molecule has 3 aliphatic rings. The number of aliphatic hydroxyl groups excluding tert-OH is 1. The number of carbonyl (C=O) groups excluding carboxylic acids is 2. The first-order valence-electron chi connectivity index (χ1n) is 8.52. The molecule has 0 amide bonds. The zero-order valence-corrected chi connectivity index (χ0v) is 14.5. The SMILES string of the molecule is CC(=O)C1=C(O)CC2C1(C)CCC1C(C)(C)C(=O)CCC12C. The molecule has 0 aromatic rings. The van der Waals surface area contributed by atoms with Gasteiger partial charge in [0.25, 0.3) is 0 Å². The number of ketones is 2. The number of fused-ring (bicyclic) bond motifs is 3. The van der Waals surface area contributed by atoms with Gasteiger partial charge in [0.05, 0.1) is 5.76 Å². The highest BCUT2D eigenvalue weighted by atomic mass is 16.3. The van der Waals surface area contributed by atoms with Crippen LogP contribution in [0.3, 0.4) is 0 Å². The number of rotatable bonds is 1. The number of aliphatic hydroxyl groups is 1. The fourth-order valence-corrected chi connectivity index (χ4v) is 6.34. The van der Waals surface area contributed by atoms with Crippen LogP contribution in [0, 0.1) is 28.1 Å². The molecule has 3 aliphatic carbocycles. The van der Waals surface area contributed by atoms with Crippen LogP contribution in [0.4, 0.5) is 0 Å². The van der Waals surface area contributed by atoms with Crippen molar-refractivity contribution in [1.82, 2.24) is 0 Å². The number of allylic oxidation sites excluding steroid dienone is 2. The van der Waals surface area contributed by atoms with Gasteiger partial charge in [0, 0.05) is 29.2 Å². The third-order valence-corrected chi connectivity index (χ3v) is 7.40. The summed E-state index contributed by atoms with van der Waals surface area (Å²) in [6.07, 6.45) is 3.98. The summed E-state index contributed by atoms with van der Waals surface area (Å²) in [6.45, 7) is 10.2. The fourth-order valence-electron chi connectivity index (χ4n) is 6.34.